The van der Waals surface area contributed by atoms with Crippen LogP contribution in [0.5, 0.6) is 0 Å². The molecule has 3 aromatic heterocycles. The van der Waals surface area contributed by atoms with Gasteiger partial charge >= 0.3 is 0 Å². The number of carbonyl (C=O) groups excluding carboxylic acids is 1. The Morgan fingerprint density at radius 3 is 2.63 bits per heavy atom. The van der Waals surface area contributed by atoms with E-state index in [9.17, 15) is 17.6 Å². The van der Waals surface area contributed by atoms with Crippen LogP contribution >= 0.6 is 0 Å². The molecule has 5 rings (SSSR count). The van der Waals surface area contributed by atoms with Crippen molar-refractivity contribution in [1.29, 1.82) is 0 Å². The number of H-pyrrole nitrogens is 1. The van der Waals surface area contributed by atoms with Crippen LogP contribution in [-0.4, -0.2) is 58.2 Å². The number of hydrogen-bond donors (Lipinski definition) is 2. The smallest absolute Gasteiger partial charge is 0.268 e. The molecule has 0 saturated heterocycles. The van der Waals surface area contributed by atoms with Gasteiger partial charge in [0.05, 0.1) is 33.9 Å². The lowest BCUT2D eigenvalue weighted by atomic mass is 9.85. The first-order chi connectivity index (χ1) is 16.6. The van der Waals surface area contributed by atoms with E-state index in [1.807, 2.05) is 11.9 Å². The normalized spacial score (nSPS) is 17.8. The van der Waals surface area contributed by atoms with Gasteiger partial charge in [0.25, 0.3) is 5.91 Å². The number of amides is 1. The van der Waals surface area contributed by atoms with Gasteiger partial charge in [0.1, 0.15) is 5.69 Å². The van der Waals surface area contributed by atoms with Gasteiger partial charge in [0, 0.05) is 37.3 Å². The summed E-state index contributed by atoms with van der Waals surface area (Å²) in [5.41, 5.74) is 1.48. The fourth-order valence-electron chi connectivity index (χ4n) is 4.31. The molecular formula is C23H24FN7O3S. The molecule has 0 bridgehead atoms. The third kappa shape index (κ3) is 4.03. The molecule has 4 aromatic rings. The summed E-state index contributed by atoms with van der Waals surface area (Å²) < 4.78 is 41.4. The molecular weight excluding hydrogens is 473 g/mol. The molecule has 1 saturated carbocycles. The SMILES string of the molecule is Cc1c(S(=O)(=O)c2ccc3[nH]ncc3c2)cc(C(=O)NC2CC(N(C)c3ncc(F)cn3)C2)n1C. The molecule has 12 heteroatoms. The van der Waals surface area contributed by atoms with Crippen LogP contribution in [0.3, 0.4) is 0 Å². The molecule has 3 heterocycles. The third-order valence-corrected chi connectivity index (χ3v) is 8.52. The lowest BCUT2D eigenvalue weighted by Crippen LogP contribution is -2.53. The van der Waals surface area contributed by atoms with Crippen LogP contribution in [-0.2, 0) is 16.9 Å². The summed E-state index contributed by atoms with van der Waals surface area (Å²) in [4.78, 5) is 23.1. The molecule has 0 radical (unpaired) electrons. The third-order valence-electron chi connectivity index (χ3n) is 6.65. The summed E-state index contributed by atoms with van der Waals surface area (Å²) in [6.45, 7) is 1.68. The van der Waals surface area contributed by atoms with Crippen molar-refractivity contribution in [2.75, 3.05) is 11.9 Å². The highest BCUT2D eigenvalue weighted by Crippen LogP contribution is 2.30. The number of rotatable bonds is 6. The molecule has 0 spiro atoms. The van der Waals surface area contributed by atoms with E-state index >= 15 is 0 Å². The molecule has 1 aromatic carbocycles. The highest BCUT2D eigenvalue weighted by molar-refractivity contribution is 7.91. The standard InChI is InChI=1S/C23H24FN7O3S/c1-13-21(35(33,34)18-4-5-19-14(6-18)10-27-29-19)9-20(30(13)2)22(32)28-16-7-17(8-16)31(3)23-25-11-15(24)12-26-23/h4-6,9-12,16-17H,7-8H2,1-3H3,(H,27,29)(H,28,32). The topological polar surface area (TPSA) is 126 Å². The Kier molecular flexibility index (Phi) is 5.55. The minimum absolute atomic E-state index is 0.0749. The lowest BCUT2D eigenvalue weighted by Gasteiger charge is -2.41. The van der Waals surface area contributed by atoms with Crippen molar-refractivity contribution in [3.05, 3.63) is 60.1 Å². The van der Waals surface area contributed by atoms with Crippen molar-refractivity contribution in [2.45, 2.75) is 41.6 Å². The van der Waals surface area contributed by atoms with Crippen molar-refractivity contribution < 1.29 is 17.6 Å². The molecule has 1 aliphatic rings. The first-order valence-corrected chi connectivity index (χ1v) is 12.5. The second kappa shape index (κ2) is 8.45. The molecule has 35 heavy (non-hydrogen) atoms. The van der Waals surface area contributed by atoms with Crippen LogP contribution in [0.15, 0.2) is 52.6 Å². The Bertz CT molecular complexity index is 1520. The Morgan fingerprint density at radius 2 is 1.91 bits per heavy atom. The van der Waals surface area contributed by atoms with Gasteiger partial charge in [-0.2, -0.15) is 5.10 Å². The zero-order valence-corrected chi connectivity index (χ0v) is 20.2. The van der Waals surface area contributed by atoms with Crippen LogP contribution in [0.1, 0.15) is 29.0 Å². The van der Waals surface area contributed by atoms with Gasteiger partial charge in [-0.05, 0) is 44.0 Å². The lowest BCUT2D eigenvalue weighted by molar-refractivity contribution is 0.0900. The van der Waals surface area contributed by atoms with Gasteiger partial charge < -0.3 is 14.8 Å². The minimum Gasteiger partial charge on any atom is -0.348 e. The number of anilines is 1. The summed E-state index contributed by atoms with van der Waals surface area (Å²) in [6, 6.07) is 6.22. The van der Waals surface area contributed by atoms with Gasteiger partial charge in [-0.3, -0.25) is 9.89 Å². The number of nitrogens with zero attached hydrogens (tertiary/aromatic N) is 5. The maximum absolute atomic E-state index is 13.4. The van der Waals surface area contributed by atoms with E-state index in [2.05, 4.69) is 25.5 Å². The van der Waals surface area contributed by atoms with E-state index in [0.717, 1.165) is 17.9 Å². The largest absolute Gasteiger partial charge is 0.348 e. The Morgan fingerprint density at radius 1 is 1.20 bits per heavy atom. The molecule has 0 atom stereocenters. The fourth-order valence-corrected chi connectivity index (χ4v) is 5.88. The van der Waals surface area contributed by atoms with E-state index < -0.39 is 15.7 Å². The quantitative estimate of drug-likeness (QED) is 0.419. The van der Waals surface area contributed by atoms with E-state index in [0.29, 0.717) is 29.9 Å². The van der Waals surface area contributed by atoms with E-state index in [-0.39, 0.29) is 33.5 Å². The second-order valence-electron chi connectivity index (χ2n) is 8.77. The first-order valence-electron chi connectivity index (χ1n) is 11.0. The van der Waals surface area contributed by atoms with Crippen LogP contribution < -0.4 is 10.2 Å². The first kappa shape index (κ1) is 23.0. The maximum Gasteiger partial charge on any atom is 0.268 e. The van der Waals surface area contributed by atoms with Crippen molar-refractivity contribution in [3.8, 4) is 0 Å². The molecule has 10 nitrogen and oxygen atoms in total. The van der Waals surface area contributed by atoms with Crippen LogP contribution in [0, 0.1) is 12.7 Å². The number of fused-ring (bicyclic) bond motifs is 1. The zero-order valence-electron chi connectivity index (χ0n) is 19.4. The number of benzene rings is 1. The van der Waals surface area contributed by atoms with Crippen molar-refractivity contribution >= 4 is 32.6 Å². The average Bonchev–Trinajstić information content (AvgIpc) is 3.40. The van der Waals surface area contributed by atoms with Crippen molar-refractivity contribution in [2.24, 2.45) is 7.05 Å². The van der Waals surface area contributed by atoms with Gasteiger partial charge in [-0.1, -0.05) is 0 Å². The number of hydrogen-bond acceptors (Lipinski definition) is 7. The number of aromatic nitrogens is 5. The van der Waals surface area contributed by atoms with Crippen LogP contribution in [0.4, 0.5) is 10.3 Å². The molecule has 0 aliphatic heterocycles. The fraction of sp³-hybridized carbons (Fsp3) is 0.304. The van der Waals surface area contributed by atoms with Gasteiger partial charge in [0.15, 0.2) is 5.82 Å². The average molecular weight is 498 g/mol. The minimum atomic E-state index is -3.84. The summed E-state index contributed by atoms with van der Waals surface area (Å²) >= 11 is 0. The molecule has 0 unspecified atom stereocenters. The number of nitrogens with one attached hydrogen (secondary N) is 2. The Hall–Kier alpha value is -3.80. The Balaban J connectivity index is 1.30. The highest BCUT2D eigenvalue weighted by Gasteiger charge is 2.35. The zero-order chi connectivity index (χ0) is 24.9. The van der Waals surface area contributed by atoms with Crippen molar-refractivity contribution in [1.82, 2.24) is 30.0 Å². The maximum atomic E-state index is 13.4. The number of carbonyl (C=O) groups is 1. The molecule has 2 N–H and O–H groups in total. The summed E-state index contributed by atoms with van der Waals surface area (Å²) in [5, 5.41) is 10.4. The summed E-state index contributed by atoms with van der Waals surface area (Å²) in [6.07, 6.45) is 5.14. The molecule has 1 fully saturated rings. The Labute approximate surface area is 201 Å². The number of sulfone groups is 1. The van der Waals surface area contributed by atoms with Crippen molar-refractivity contribution in [3.63, 3.8) is 0 Å². The van der Waals surface area contributed by atoms with Crippen LogP contribution in [0.25, 0.3) is 10.9 Å². The predicted octanol–water partition coefficient (Wildman–Crippen LogP) is 2.37. The summed E-state index contributed by atoms with van der Waals surface area (Å²) in [5.74, 6) is -0.420. The van der Waals surface area contributed by atoms with E-state index in [1.54, 1.807) is 36.9 Å². The molecule has 1 aliphatic carbocycles. The monoisotopic (exact) mass is 497 g/mol. The highest BCUT2D eigenvalue weighted by atomic mass is 32.2. The predicted molar refractivity (Wildman–Crippen MR) is 126 cm³/mol. The van der Waals surface area contributed by atoms with Gasteiger partial charge in [-0.25, -0.2) is 22.8 Å². The second-order valence-corrected chi connectivity index (χ2v) is 10.7. The van der Waals surface area contributed by atoms with Gasteiger partial charge in [-0.15, -0.1) is 0 Å². The summed E-state index contributed by atoms with van der Waals surface area (Å²) in [7, 11) is -0.337. The molecule has 1 amide bonds. The van der Waals surface area contributed by atoms with Gasteiger partial charge in [0.2, 0.25) is 15.8 Å². The number of halogens is 1. The number of aromatic amines is 1. The van der Waals surface area contributed by atoms with E-state index in [4.69, 9.17) is 0 Å². The molecule has 182 valence electrons. The van der Waals surface area contributed by atoms with E-state index in [1.165, 1.54) is 12.1 Å². The van der Waals surface area contributed by atoms with Crippen LogP contribution in [0.2, 0.25) is 0 Å².